The van der Waals surface area contributed by atoms with Gasteiger partial charge in [-0.15, -0.1) is 0 Å². The molecule has 7 heteroatoms. The second-order valence-corrected chi connectivity index (χ2v) is 10.6. The van der Waals surface area contributed by atoms with Gasteiger partial charge in [-0.25, -0.2) is 8.42 Å². The Morgan fingerprint density at radius 2 is 1.44 bits per heavy atom. The molecule has 0 radical (unpaired) electrons. The van der Waals surface area contributed by atoms with E-state index >= 15 is 0 Å². The van der Waals surface area contributed by atoms with Crippen molar-refractivity contribution in [1.29, 1.82) is 0 Å². The molecule has 0 aliphatic rings. The van der Waals surface area contributed by atoms with Crippen LogP contribution in [0.1, 0.15) is 33.4 Å². The van der Waals surface area contributed by atoms with Crippen LogP contribution in [0.4, 0.5) is 5.69 Å². The molecule has 0 fully saturated rings. The van der Waals surface area contributed by atoms with E-state index in [0.29, 0.717) is 22.6 Å². The molecule has 34 heavy (non-hydrogen) atoms. The van der Waals surface area contributed by atoms with Crippen molar-refractivity contribution in [3.8, 4) is 5.75 Å². The maximum atomic E-state index is 13.8. The molecular weight excluding hydrogens is 448 g/mol. The first kappa shape index (κ1) is 25.5. The normalized spacial score (nSPS) is 11.5. The molecule has 0 aromatic heterocycles. The zero-order valence-electron chi connectivity index (χ0n) is 20.6. The van der Waals surface area contributed by atoms with Crippen molar-refractivity contribution in [1.82, 2.24) is 4.31 Å². The van der Waals surface area contributed by atoms with Gasteiger partial charge in [0.1, 0.15) is 5.75 Å². The standard InChI is InChI=1S/C27H32N2O4S/c1-18-7-10-23(11-8-18)16-29(34(31,32)27-21(4)13-20(3)14-22(27)5)17-26(30)28-24-15-19(2)9-12-25(24)33-6/h7-15H,16-17H2,1-6H3,(H,28,30). The molecule has 0 aliphatic heterocycles. The number of amides is 1. The molecule has 180 valence electrons. The van der Waals surface area contributed by atoms with Crippen molar-refractivity contribution in [3.05, 3.63) is 88.0 Å². The van der Waals surface area contributed by atoms with Gasteiger partial charge in [0.05, 0.1) is 24.2 Å². The summed E-state index contributed by atoms with van der Waals surface area (Å²) in [6, 6.07) is 16.8. The topological polar surface area (TPSA) is 75.7 Å². The van der Waals surface area contributed by atoms with E-state index in [1.165, 1.54) is 11.4 Å². The molecule has 0 saturated carbocycles. The number of nitrogens with zero attached hydrogens (tertiary/aromatic N) is 1. The minimum Gasteiger partial charge on any atom is -0.495 e. The number of hydrogen-bond acceptors (Lipinski definition) is 4. The zero-order valence-corrected chi connectivity index (χ0v) is 21.4. The SMILES string of the molecule is COc1ccc(C)cc1NC(=O)CN(Cc1ccc(C)cc1)S(=O)(=O)c1c(C)cc(C)cc1C. The Kier molecular flexibility index (Phi) is 7.79. The van der Waals surface area contributed by atoms with Gasteiger partial charge in [0.15, 0.2) is 0 Å². The van der Waals surface area contributed by atoms with E-state index in [1.807, 2.05) is 63.2 Å². The summed E-state index contributed by atoms with van der Waals surface area (Å²) >= 11 is 0. The van der Waals surface area contributed by atoms with Gasteiger partial charge in [-0.05, 0) is 69.0 Å². The Hall–Kier alpha value is -3.16. The smallest absolute Gasteiger partial charge is 0.244 e. The molecule has 3 aromatic rings. The number of hydrogen-bond donors (Lipinski definition) is 1. The van der Waals surface area contributed by atoms with Crippen molar-refractivity contribution in [2.75, 3.05) is 19.0 Å². The zero-order chi connectivity index (χ0) is 25.0. The van der Waals surface area contributed by atoms with E-state index in [-0.39, 0.29) is 18.0 Å². The first-order valence-electron chi connectivity index (χ1n) is 11.1. The van der Waals surface area contributed by atoms with E-state index in [4.69, 9.17) is 4.74 Å². The number of anilines is 1. The fourth-order valence-corrected chi connectivity index (χ4v) is 5.89. The molecule has 0 bridgehead atoms. The Bertz CT molecular complexity index is 1280. The van der Waals surface area contributed by atoms with Crippen LogP contribution >= 0.6 is 0 Å². The van der Waals surface area contributed by atoms with Gasteiger partial charge >= 0.3 is 0 Å². The number of rotatable bonds is 8. The molecule has 3 rings (SSSR count). The number of benzene rings is 3. The molecule has 0 atom stereocenters. The van der Waals surface area contributed by atoms with Crippen LogP contribution in [0.2, 0.25) is 0 Å². The molecule has 0 heterocycles. The number of ether oxygens (including phenoxy) is 1. The first-order valence-corrected chi connectivity index (χ1v) is 12.5. The molecule has 0 saturated heterocycles. The first-order chi connectivity index (χ1) is 16.0. The highest BCUT2D eigenvalue weighted by Crippen LogP contribution is 2.28. The molecule has 0 unspecified atom stereocenters. The summed E-state index contributed by atoms with van der Waals surface area (Å²) in [6.45, 7) is 9.13. The van der Waals surface area contributed by atoms with E-state index in [2.05, 4.69) is 5.32 Å². The van der Waals surface area contributed by atoms with Crippen LogP contribution in [0.15, 0.2) is 59.5 Å². The summed E-state index contributed by atoms with van der Waals surface area (Å²) in [4.78, 5) is 13.3. The van der Waals surface area contributed by atoms with E-state index in [0.717, 1.165) is 22.3 Å². The van der Waals surface area contributed by atoms with Crippen molar-refractivity contribution in [3.63, 3.8) is 0 Å². The second-order valence-electron chi connectivity index (χ2n) is 8.74. The largest absolute Gasteiger partial charge is 0.495 e. The highest BCUT2D eigenvalue weighted by molar-refractivity contribution is 7.89. The lowest BCUT2D eigenvalue weighted by molar-refractivity contribution is -0.116. The van der Waals surface area contributed by atoms with Crippen LogP contribution in [0, 0.1) is 34.6 Å². The monoisotopic (exact) mass is 480 g/mol. The van der Waals surface area contributed by atoms with Crippen molar-refractivity contribution >= 4 is 21.6 Å². The summed E-state index contributed by atoms with van der Waals surface area (Å²) < 4.78 is 34.3. The molecule has 0 spiro atoms. The van der Waals surface area contributed by atoms with Crippen LogP contribution in [-0.4, -0.2) is 32.3 Å². The Balaban J connectivity index is 1.98. The van der Waals surface area contributed by atoms with Crippen molar-refractivity contribution < 1.29 is 17.9 Å². The lowest BCUT2D eigenvalue weighted by Crippen LogP contribution is -2.38. The molecule has 1 amide bonds. The second kappa shape index (κ2) is 10.4. The fourth-order valence-electron chi connectivity index (χ4n) is 4.10. The van der Waals surface area contributed by atoms with Gasteiger partial charge in [0, 0.05) is 6.54 Å². The van der Waals surface area contributed by atoms with Gasteiger partial charge in [0.25, 0.3) is 0 Å². The van der Waals surface area contributed by atoms with E-state index < -0.39 is 15.9 Å². The van der Waals surface area contributed by atoms with Crippen LogP contribution < -0.4 is 10.1 Å². The lowest BCUT2D eigenvalue weighted by Gasteiger charge is -2.24. The average molecular weight is 481 g/mol. The number of nitrogens with one attached hydrogen (secondary N) is 1. The molecule has 1 N–H and O–H groups in total. The van der Waals surface area contributed by atoms with Gasteiger partial charge in [-0.1, -0.05) is 53.6 Å². The maximum Gasteiger partial charge on any atom is 0.244 e. The highest BCUT2D eigenvalue weighted by atomic mass is 32.2. The van der Waals surface area contributed by atoms with Crippen molar-refractivity contribution in [2.45, 2.75) is 46.1 Å². The van der Waals surface area contributed by atoms with Crippen LogP contribution in [0.5, 0.6) is 5.75 Å². The average Bonchev–Trinajstić information content (AvgIpc) is 2.74. The highest BCUT2D eigenvalue weighted by Gasteiger charge is 2.30. The summed E-state index contributed by atoms with van der Waals surface area (Å²) in [6.07, 6.45) is 0. The number of carbonyl (C=O) groups is 1. The Labute approximate surface area is 202 Å². The van der Waals surface area contributed by atoms with Gasteiger partial charge < -0.3 is 10.1 Å². The Morgan fingerprint density at radius 1 is 0.853 bits per heavy atom. The van der Waals surface area contributed by atoms with Gasteiger partial charge in [0.2, 0.25) is 15.9 Å². The minimum atomic E-state index is -3.96. The quantitative estimate of drug-likeness (QED) is 0.489. The van der Waals surface area contributed by atoms with Crippen LogP contribution in [0.3, 0.4) is 0 Å². The molecule has 6 nitrogen and oxygen atoms in total. The number of carbonyl (C=O) groups excluding carboxylic acids is 1. The van der Waals surface area contributed by atoms with Crippen LogP contribution in [-0.2, 0) is 21.4 Å². The third-order valence-electron chi connectivity index (χ3n) is 5.63. The fraction of sp³-hybridized carbons (Fsp3) is 0.296. The molecular formula is C27H32N2O4S. The Morgan fingerprint density at radius 3 is 2.03 bits per heavy atom. The predicted molar refractivity (Wildman–Crippen MR) is 136 cm³/mol. The summed E-state index contributed by atoms with van der Waals surface area (Å²) in [5, 5.41) is 2.82. The minimum absolute atomic E-state index is 0.0771. The third-order valence-corrected chi connectivity index (χ3v) is 7.73. The maximum absolute atomic E-state index is 13.8. The molecule has 0 aliphatic carbocycles. The number of sulfonamides is 1. The number of methoxy groups -OCH3 is 1. The summed E-state index contributed by atoms with van der Waals surface area (Å²) in [5.41, 5.74) is 5.64. The van der Waals surface area contributed by atoms with E-state index in [1.54, 1.807) is 26.0 Å². The summed E-state index contributed by atoms with van der Waals surface area (Å²) in [7, 11) is -2.43. The molecule has 3 aromatic carbocycles. The van der Waals surface area contributed by atoms with Gasteiger partial charge in [-0.3, -0.25) is 4.79 Å². The third kappa shape index (κ3) is 5.85. The predicted octanol–water partition coefficient (Wildman–Crippen LogP) is 5.07. The van der Waals surface area contributed by atoms with Gasteiger partial charge in [-0.2, -0.15) is 4.31 Å². The van der Waals surface area contributed by atoms with Crippen molar-refractivity contribution in [2.24, 2.45) is 0 Å². The summed E-state index contributed by atoms with van der Waals surface area (Å²) in [5.74, 6) is 0.0686. The van der Waals surface area contributed by atoms with Crippen LogP contribution in [0.25, 0.3) is 0 Å². The lowest BCUT2D eigenvalue weighted by atomic mass is 10.1. The van der Waals surface area contributed by atoms with E-state index in [9.17, 15) is 13.2 Å². The number of aryl methyl sites for hydroxylation is 5.